The number of phenols is 1. The molecular weight excluding hydrogens is 442 g/mol. The maximum atomic E-state index is 13.0. The van der Waals surface area contributed by atoms with Gasteiger partial charge in [0, 0.05) is 81.4 Å². The number of fused-ring (bicyclic) bond motifs is 2. The third kappa shape index (κ3) is 3.86. The van der Waals surface area contributed by atoms with Crippen LogP contribution in [0.15, 0.2) is 42.4 Å². The lowest BCUT2D eigenvalue weighted by molar-refractivity contribution is 0.0982. The Kier molecular flexibility index (Phi) is 5.50. The van der Waals surface area contributed by atoms with Crippen molar-refractivity contribution in [2.75, 3.05) is 51.2 Å². The van der Waals surface area contributed by atoms with E-state index in [0.29, 0.717) is 11.8 Å². The van der Waals surface area contributed by atoms with Crippen molar-refractivity contribution in [3.8, 4) is 11.5 Å². The average Bonchev–Trinajstić information content (AvgIpc) is 3.37. The molecule has 182 valence electrons. The molecule has 0 saturated carbocycles. The first-order chi connectivity index (χ1) is 17.0. The Balaban J connectivity index is 1.29. The molecular formula is C27H31N5O3. The van der Waals surface area contributed by atoms with E-state index in [9.17, 15) is 9.90 Å². The monoisotopic (exact) mass is 473 g/mol. The number of piperidine rings is 1. The number of aryl methyl sites for hydroxylation is 1. The molecule has 2 fully saturated rings. The summed E-state index contributed by atoms with van der Waals surface area (Å²) >= 11 is 0. The fourth-order valence-corrected chi connectivity index (χ4v) is 5.71. The molecule has 0 unspecified atom stereocenters. The van der Waals surface area contributed by atoms with Crippen molar-refractivity contribution in [3.63, 3.8) is 0 Å². The molecule has 6 rings (SSSR count). The fourth-order valence-electron chi connectivity index (χ4n) is 5.71. The van der Waals surface area contributed by atoms with Crippen LogP contribution in [-0.2, 0) is 7.05 Å². The molecule has 0 atom stereocenters. The second-order valence-electron chi connectivity index (χ2n) is 9.87. The summed E-state index contributed by atoms with van der Waals surface area (Å²) in [5.74, 6) is 0.260. The standard InChI is InChI=1S/C27H31N5O3/c1-29-12-14-31(15-13-29)19-7-10-32(11-8-19)20-6-9-28-27-24(20)18(17-30(27)2)16-23-26(34)25-21(33)4-3-5-22(25)35-23/h3-6,9,16-17,19,33H,7-8,10-15H2,1-2H3/b23-16-. The Labute approximate surface area is 205 Å². The molecule has 2 aromatic heterocycles. The van der Waals surface area contributed by atoms with E-state index in [1.165, 1.54) is 6.07 Å². The van der Waals surface area contributed by atoms with E-state index in [4.69, 9.17) is 4.74 Å². The predicted octanol–water partition coefficient (Wildman–Crippen LogP) is 3.11. The first-order valence-electron chi connectivity index (χ1n) is 12.4. The molecule has 0 spiro atoms. The highest BCUT2D eigenvalue weighted by Gasteiger charge is 2.31. The zero-order valence-electron chi connectivity index (χ0n) is 20.3. The van der Waals surface area contributed by atoms with Gasteiger partial charge in [-0.25, -0.2) is 4.98 Å². The molecule has 8 heteroatoms. The normalized spacial score (nSPS) is 21.1. The number of ether oxygens (including phenoxy) is 1. The van der Waals surface area contributed by atoms with Gasteiger partial charge in [-0.3, -0.25) is 9.69 Å². The van der Waals surface area contributed by atoms with Gasteiger partial charge in [0.15, 0.2) is 5.76 Å². The van der Waals surface area contributed by atoms with Crippen LogP contribution >= 0.6 is 0 Å². The third-order valence-electron chi connectivity index (χ3n) is 7.69. The summed E-state index contributed by atoms with van der Waals surface area (Å²) in [6, 6.07) is 7.61. The predicted molar refractivity (Wildman–Crippen MR) is 136 cm³/mol. The van der Waals surface area contributed by atoms with Gasteiger partial charge in [0.2, 0.25) is 5.78 Å². The van der Waals surface area contributed by atoms with Gasteiger partial charge >= 0.3 is 0 Å². The van der Waals surface area contributed by atoms with Crippen LogP contribution in [0.3, 0.4) is 0 Å². The zero-order chi connectivity index (χ0) is 24.1. The smallest absolute Gasteiger partial charge is 0.235 e. The molecule has 1 aromatic carbocycles. The fraction of sp³-hybridized carbons (Fsp3) is 0.407. The lowest BCUT2D eigenvalue weighted by Gasteiger charge is -2.42. The Morgan fingerprint density at radius 1 is 1.06 bits per heavy atom. The largest absolute Gasteiger partial charge is 0.507 e. The maximum absolute atomic E-state index is 13.0. The molecule has 0 amide bonds. The first kappa shape index (κ1) is 22.1. The number of benzene rings is 1. The van der Waals surface area contributed by atoms with E-state index in [2.05, 4.69) is 32.8 Å². The van der Waals surface area contributed by atoms with Gasteiger partial charge in [-0.15, -0.1) is 0 Å². The summed E-state index contributed by atoms with van der Waals surface area (Å²) in [6.45, 7) is 6.60. The number of anilines is 1. The Hall–Kier alpha value is -3.36. The SMILES string of the molecule is CN1CCN(C2CCN(c3ccnc4c3c(/C=C3\Oc5cccc(O)c5C3=O)cn4C)CC2)CC1. The topological polar surface area (TPSA) is 74.1 Å². The molecule has 1 N–H and O–H groups in total. The summed E-state index contributed by atoms with van der Waals surface area (Å²) in [7, 11) is 4.17. The number of carbonyl (C=O) groups is 1. The van der Waals surface area contributed by atoms with Crippen molar-refractivity contribution in [1.29, 1.82) is 0 Å². The van der Waals surface area contributed by atoms with Crippen molar-refractivity contribution in [2.45, 2.75) is 18.9 Å². The number of hydrogen-bond donors (Lipinski definition) is 1. The van der Waals surface area contributed by atoms with Crippen LogP contribution < -0.4 is 9.64 Å². The van der Waals surface area contributed by atoms with Gasteiger partial charge in [-0.1, -0.05) is 6.07 Å². The van der Waals surface area contributed by atoms with Gasteiger partial charge in [-0.05, 0) is 44.2 Å². The van der Waals surface area contributed by atoms with Crippen LogP contribution in [0.4, 0.5) is 5.69 Å². The molecule has 0 aliphatic carbocycles. The van der Waals surface area contributed by atoms with E-state index in [1.807, 2.05) is 24.0 Å². The number of hydrogen-bond acceptors (Lipinski definition) is 7. The van der Waals surface area contributed by atoms with Crippen LogP contribution in [0.25, 0.3) is 17.1 Å². The molecule has 0 radical (unpaired) electrons. The number of pyridine rings is 1. The minimum atomic E-state index is -0.298. The van der Waals surface area contributed by atoms with Crippen LogP contribution in [0, 0.1) is 0 Å². The first-order valence-corrected chi connectivity index (χ1v) is 12.4. The van der Waals surface area contributed by atoms with Gasteiger partial charge in [-0.2, -0.15) is 0 Å². The van der Waals surface area contributed by atoms with E-state index in [-0.39, 0.29) is 22.9 Å². The number of aromatic nitrogens is 2. The molecule has 2 saturated heterocycles. The summed E-state index contributed by atoms with van der Waals surface area (Å²) in [5.41, 5.74) is 3.14. The van der Waals surface area contributed by atoms with E-state index in [0.717, 1.165) is 74.4 Å². The second kappa shape index (κ2) is 8.70. The number of phenolic OH excluding ortho intramolecular Hbond substituents is 1. The lowest BCUT2D eigenvalue weighted by Crippen LogP contribution is -2.52. The molecule has 3 aliphatic heterocycles. The molecule has 3 aromatic rings. The van der Waals surface area contributed by atoms with Gasteiger partial charge in [0.05, 0.1) is 0 Å². The van der Waals surface area contributed by atoms with Crippen LogP contribution in [0.2, 0.25) is 0 Å². The van der Waals surface area contributed by atoms with E-state index in [1.54, 1.807) is 18.2 Å². The van der Waals surface area contributed by atoms with Crippen molar-refractivity contribution in [3.05, 3.63) is 53.5 Å². The summed E-state index contributed by atoms with van der Waals surface area (Å²) < 4.78 is 7.83. The number of rotatable bonds is 3. The Morgan fingerprint density at radius 2 is 1.83 bits per heavy atom. The van der Waals surface area contributed by atoms with Crippen molar-refractivity contribution in [1.82, 2.24) is 19.4 Å². The molecule has 3 aliphatic rings. The number of nitrogens with zero attached hydrogens (tertiary/aromatic N) is 5. The number of piperazine rings is 1. The van der Waals surface area contributed by atoms with Crippen molar-refractivity contribution < 1.29 is 14.6 Å². The molecule has 0 bridgehead atoms. The molecule has 5 heterocycles. The quantitative estimate of drug-likeness (QED) is 0.586. The summed E-state index contributed by atoms with van der Waals surface area (Å²) in [5, 5.41) is 11.2. The van der Waals surface area contributed by atoms with Crippen LogP contribution in [0.1, 0.15) is 28.8 Å². The molecule has 8 nitrogen and oxygen atoms in total. The number of carbonyl (C=O) groups excluding carboxylic acids is 1. The highest BCUT2D eigenvalue weighted by atomic mass is 16.5. The van der Waals surface area contributed by atoms with E-state index < -0.39 is 0 Å². The average molecular weight is 474 g/mol. The maximum Gasteiger partial charge on any atom is 0.235 e. The van der Waals surface area contributed by atoms with Crippen molar-refractivity contribution >= 4 is 28.6 Å². The van der Waals surface area contributed by atoms with Crippen LogP contribution in [-0.4, -0.2) is 82.6 Å². The minimum Gasteiger partial charge on any atom is -0.507 e. The van der Waals surface area contributed by atoms with Crippen LogP contribution in [0.5, 0.6) is 11.5 Å². The van der Waals surface area contributed by atoms with Gasteiger partial charge in [0.1, 0.15) is 22.7 Å². The molecule has 35 heavy (non-hydrogen) atoms. The number of Topliss-reactive ketones (excluding diaryl/α,β-unsaturated/α-hetero) is 1. The Morgan fingerprint density at radius 3 is 2.57 bits per heavy atom. The number of aromatic hydroxyl groups is 1. The number of likely N-dealkylation sites (N-methyl/N-ethyl adjacent to an activating group) is 1. The van der Waals surface area contributed by atoms with Gasteiger partial charge in [0.25, 0.3) is 0 Å². The lowest BCUT2D eigenvalue weighted by atomic mass is 10.0. The Bertz CT molecular complexity index is 1310. The summed E-state index contributed by atoms with van der Waals surface area (Å²) in [6.07, 6.45) is 7.93. The minimum absolute atomic E-state index is 0.0561. The highest BCUT2D eigenvalue weighted by Crippen LogP contribution is 2.39. The third-order valence-corrected chi connectivity index (χ3v) is 7.69. The van der Waals surface area contributed by atoms with Crippen molar-refractivity contribution in [2.24, 2.45) is 7.05 Å². The zero-order valence-corrected chi connectivity index (χ0v) is 20.3. The van der Waals surface area contributed by atoms with Gasteiger partial charge < -0.3 is 24.2 Å². The highest BCUT2D eigenvalue weighted by molar-refractivity contribution is 6.17. The number of ketones is 1. The summed E-state index contributed by atoms with van der Waals surface area (Å²) in [4.78, 5) is 25.1. The number of allylic oxidation sites excluding steroid dienone is 1. The van der Waals surface area contributed by atoms with E-state index >= 15 is 0 Å². The second-order valence-corrected chi connectivity index (χ2v) is 9.87.